The Morgan fingerprint density at radius 1 is 1.55 bits per heavy atom. The average molecular weight is 308 g/mol. The van der Waals surface area contributed by atoms with Crippen LogP contribution < -0.4 is 5.32 Å². The van der Waals surface area contributed by atoms with Crippen molar-refractivity contribution in [3.63, 3.8) is 0 Å². The van der Waals surface area contributed by atoms with Crippen LogP contribution in [0.5, 0.6) is 0 Å². The molecular formula is C14H14ClN3OS. The van der Waals surface area contributed by atoms with Gasteiger partial charge in [-0.1, -0.05) is 18.5 Å². The van der Waals surface area contributed by atoms with Gasteiger partial charge in [0.15, 0.2) is 5.13 Å². The summed E-state index contributed by atoms with van der Waals surface area (Å²) in [6, 6.07) is 3.19. The Balaban J connectivity index is 1.77. The lowest BCUT2D eigenvalue weighted by Gasteiger charge is -2.15. The summed E-state index contributed by atoms with van der Waals surface area (Å²) in [6.45, 7) is 2.25. The summed E-state index contributed by atoms with van der Waals surface area (Å²) in [6.07, 6.45) is 4.74. The number of pyridine rings is 1. The molecule has 0 saturated heterocycles. The van der Waals surface area contributed by atoms with E-state index in [0.29, 0.717) is 21.8 Å². The lowest BCUT2D eigenvalue weighted by atomic mass is 9.93. The molecular weight excluding hydrogens is 294 g/mol. The molecule has 6 heteroatoms. The number of aryl methyl sites for hydroxylation is 1. The van der Waals surface area contributed by atoms with Crippen LogP contribution in [0.15, 0.2) is 18.3 Å². The first-order chi connectivity index (χ1) is 9.61. The van der Waals surface area contributed by atoms with E-state index in [9.17, 15) is 4.79 Å². The summed E-state index contributed by atoms with van der Waals surface area (Å²) < 4.78 is 0. The molecule has 0 unspecified atom stereocenters. The molecule has 0 radical (unpaired) electrons. The highest BCUT2D eigenvalue weighted by molar-refractivity contribution is 7.15. The van der Waals surface area contributed by atoms with Crippen molar-refractivity contribution in [3.05, 3.63) is 39.6 Å². The highest BCUT2D eigenvalue weighted by Gasteiger charge is 2.20. The van der Waals surface area contributed by atoms with Gasteiger partial charge in [-0.05, 0) is 37.3 Å². The molecule has 2 aromatic rings. The molecule has 0 fully saturated rings. The van der Waals surface area contributed by atoms with Gasteiger partial charge in [-0.2, -0.15) is 0 Å². The largest absolute Gasteiger partial charge is 0.296 e. The zero-order valence-corrected chi connectivity index (χ0v) is 12.6. The van der Waals surface area contributed by atoms with Crippen molar-refractivity contribution in [2.24, 2.45) is 5.92 Å². The summed E-state index contributed by atoms with van der Waals surface area (Å²) in [5.74, 6) is 0.424. The quantitative estimate of drug-likeness (QED) is 0.923. The van der Waals surface area contributed by atoms with Gasteiger partial charge >= 0.3 is 0 Å². The first-order valence-electron chi connectivity index (χ1n) is 6.53. The second-order valence-corrected chi connectivity index (χ2v) is 6.57. The van der Waals surface area contributed by atoms with E-state index in [1.807, 2.05) is 0 Å². The predicted molar refractivity (Wildman–Crippen MR) is 80.5 cm³/mol. The SMILES string of the molecule is C[C@@H]1CCc2nc(NC(=O)c3cc(Cl)ccn3)sc2C1. The van der Waals surface area contributed by atoms with Crippen molar-refractivity contribution in [2.45, 2.75) is 26.2 Å². The molecule has 0 aromatic carbocycles. The van der Waals surface area contributed by atoms with Crippen LogP contribution in [-0.4, -0.2) is 15.9 Å². The Morgan fingerprint density at radius 3 is 3.20 bits per heavy atom. The number of aromatic nitrogens is 2. The van der Waals surface area contributed by atoms with E-state index < -0.39 is 0 Å². The van der Waals surface area contributed by atoms with Crippen molar-refractivity contribution in [1.29, 1.82) is 0 Å². The van der Waals surface area contributed by atoms with E-state index in [0.717, 1.165) is 18.5 Å². The van der Waals surface area contributed by atoms with Gasteiger partial charge in [0.2, 0.25) is 0 Å². The number of nitrogens with zero attached hydrogens (tertiary/aromatic N) is 2. The maximum atomic E-state index is 12.1. The lowest BCUT2D eigenvalue weighted by Crippen LogP contribution is -2.13. The minimum Gasteiger partial charge on any atom is -0.296 e. The first-order valence-corrected chi connectivity index (χ1v) is 7.73. The fraction of sp³-hybridized carbons (Fsp3) is 0.357. The van der Waals surface area contributed by atoms with Crippen LogP contribution in [0, 0.1) is 5.92 Å². The molecule has 2 aromatic heterocycles. The molecule has 1 aliphatic carbocycles. The molecule has 1 amide bonds. The van der Waals surface area contributed by atoms with Crippen molar-refractivity contribution in [1.82, 2.24) is 9.97 Å². The molecule has 104 valence electrons. The normalized spacial score (nSPS) is 17.6. The van der Waals surface area contributed by atoms with Gasteiger partial charge in [0, 0.05) is 16.1 Å². The molecule has 0 saturated carbocycles. The summed E-state index contributed by atoms with van der Waals surface area (Å²) in [5, 5.41) is 3.95. The first kappa shape index (κ1) is 13.5. The van der Waals surface area contributed by atoms with Crippen LogP contribution in [0.3, 0.4) is 0 Å². The van der Waals surface area contributed by atoms with Gasteiger partial charge in [0.1, 0.15) is 5.69 Å². The number of amides is 1. The van der Waals surface area contributed by atoms with Gasteiger partial charge in [-0.25, -0.2) is 4.98 Å². The second-order valence-electron chi connectivity index (χ2n) is 5.05. The molecule has 1 N–H and O–H groups in total. The number of carbonyl (C=O) groups excluding carboxylic acids is 1. The minimum atomic E-state index is -0.272. The number of hydrogen-bond donors (Lipinski definition) is 1. The number of hydrogen-bond acceptors (Lipinski definition) is 4. The fourth-order valence-corrected chi connectivity index (χ4v) is 3.61. The average Bonchev–Trinajstić information content (AvgIpc) is 2.80. The number of anilines is 1. The third-order valence-corrected chi connectivity index (χ3v) is 4.63. The molecule has 3 rings (SSSR count). The highest BCUT2D eigenvalue weighted by Crippen LogP contribution is 2.32. The van der Waals surface area contributed by atoms with Crippen molar-refractivity contribution < 1.29 is 4.79 Å². The van der Waals surface area contributed by atoms with Gasteiger partial charge in [-0.15, -0.1) is 11.3 Å². The summed E-state index contributed by atoms with van der Waals surface area (Å²) in [5.41, 5.74) is 1.43. The number of nitrogens with one attached hydrogen (secondary N) is 1. The van der Waals surface area contributed by atoms with Crippen LogP contribution >= 0.6 is 22.9 Å². The zero-order chi connectivity index (χ0) is 14.1. The third-order valence-electron chi connectivity index (χ3n) is 3.36. The zero-order valence-electron chi connectivity index (χ0n) is 11.0. The van der Waals surface area contributed by atoms with E-state index in [1.165, 1.54) is 17.5 Å². The number of fused-ring (bicyclic) bond motifs is 1. The molecule has 0 spiro atoms. The summed E-state index contributed by atoms with van der Waals surface area (Å²) in [7, 11) is 0. The van der Waals surface area contributed by atoms with Crippen LogP contribution in [0.4, 0.5) is 5.13 Å². The third kappa shape index (κ3) is 2.83. The van der Waals surface area contributed by atoms with Gasteiger partial charge < -0.3 is 0 Å². The fourth-order valence-electron chi connectivity index (χ4n) is 2.28. The highest BCUT2D eigenvalue weighted by atomic mass is 35.5. The smallest absolute Gasteiger partial charge is 0.276 e. The number of halogens is 1. The Bertz CT molecular complexity index is 656. The van der Waals surface area contributed by atoms with E-state index in [2.05, 4.69) is 22.2 Å². The molecule has 1 atom stereocenters. The summed E-state index contributed by atoms with van der Waals surface area (Å²) >= 11 is 7.42. The molecule has 4 nitrogen and oxygen atoms in total. The Hall–Kier alpha value is -1.46. The lowest BCUT2D eigenvalue weighted by molar-refractivity contribution is 0.102. The topological polar surface area (TPSA) is 54.9 Å². The molecule has 2 heterocycles. The van der Waals surface area contributed by atoms with Crippen molar-refractivity contribution in [2.75, 3.05) is 5.32 Å². The summed E-state index contributed by atoms with van der Waals surface area (Å²) in [4.78, 5) is 21.9. The molecule has 0 aliphatic heterocycles. The van der Waals surface area contributed by atoms with Gasteiger partial charge in [0.05, 0.1) is 5.69 Å². The molecule has 0 bridgehead atoms. The standard InChI is InChI=1S/C14H14ClN3OS/c1-8-2-3-10-12(6-8)20-14(17-10)18-13(19)11-7-9(15)4-5-16-11/h4-5,7-8H,2-3,6H2,1H3,(H,17,18,19)/t8-/m1/s1. The van der Waals surface area contributed by atoms with Crippen LogP contribution in [0.1, 0.15) is 34.4 Å². The maximum absolute atomic E-state index is 12.1. The van der Waals surface area contributed by atoms with Crippen LogP contribution in [0.2, 0.25) is 5.02 Å². The Kier molecular flexibility index (Phi) is 3.72. The van der Waals surface area contributed by atoms with E-state index in [1.54, 1.807) is 23.5 Å². The Morgan fingerprint density at radius 2 is 2.40 bits per heavy atom. The van der Waals surface area contributed by atoms with Crippen molar-refractivity contribution >= 4 is 34.0 Å². The van der Waals surface area contributed by atoms with Crippen molar-refractivity contribution in [3.8, 4) is 0 Å². The maximum Gasteiger partial charge on any atom is 0.276 e. The van der Waals surface area contributed by atoms with E-state index >= 15 is 0 Å². The second kappa shape index (κ2) is 5.50. The van der Waals surface area contributed by atoms with Crippen LogP contribution in [0.25, 0.3) is 0 Å². The number of carbonyl (C=O) groups is 1. The monoisotopic (exact) mass is 307 g/mol. The van der Waals surface area contributed by atoms with Crippen LogP contribution in [-0.2, 0) is 12.8 Å². The van der Waals surface area contributed by atoms with E-state index in [-0.39, 0.29) is 5.91 Å². The van der Waals surface area contributed by atoms with Gasteiger partial charge in [0.25, 0.3) is 5.91 Å². The molecule has 20 heavy (non-hydrogen) atoms. The van der Waals surface area contributed by atoms with Gasteiger partial charge in [-0.3, -0.25) is 15.1 Å². The predicted octanol–water partition coefficient (Wildman–Crippen LogP) is 3.57. The number of rotatable bonds is 2. The number of thiazole rings is 1. The minimum absolute atomic E-state index is 0.272. The molecule has 1 aliphatic rings. The Labute approximate surface area is 126 Å². The van der Waals surface area contributed by atoms with E-state index in [4.69, 9.17) is 11.6 Å².